The van der Waals surface area contributed by atoms with E-state index in [4.69, 9.17) is 0 Å². The van der Waals surface area contributed by atoms with E-state index in [-0.39, 0.29) is 5.60 Å². The Kier molecular flexibility index (Phi) is 2.64. The van der Waals surface area contributed by atoms with Crippen molar-refractivity contribution in [2.45, 2.75) is 63.9 Å². The summed E-state index contributed by atoms with van der Waals surface area (Å²) in [6.07, 6.45) is 9.96. The summed E-state index contributed by atoms with van der Waals surface area (Å²) in [6.45, 7) is 2.26. The van der Waals surface area contributed by atoms with E-state index in [0.717, 1.165) is 18.8 Å². The number of hydrogen-bond acceptors (Lipinski definition) is 1. The molecule has 2 aliphatic rings. The van der Waals surface area contributed by atoms with Gasteiger partial charge in [0.05, 0.1) is 5.60 Å². The van der Waals surface area contributed by atoms with Crippen LogP contribution in [0.2, 0.25) is 0 Å². The van der Waals surface area contributed by atoms with Crippen LogP contribution in [-0.4, -0.2) is 10.7 Å². The van der Waals surface area contributed by atoms with Crippen molar-refractivity contribution in [3.63, 3.8) is 0 Å². The van der Waals surface area contributed by atoms with Gasteiger partial charge in [-0.2, -0.15) is 0 Å². The van der Waals surface area contributed by atoms with Crippen LogP contribution in [0.4, 0.5) is 0 Å². The Morgan fingerprint density at radius 1 is 1.23 bits per heavy atom. The lowest BCUT2D eigenvalue weighted by atomic mass is 9.64. The van der Waals surface area contributed by atoms with E-state index in [1.807, 2.05) is 0 Å². The molecule has 2 unspecified atom stereocenters. The molecule has 0 spiro atoms. The molecule has 0 bridgehead atoms. The highest BCUT2D eigenvalue weighted by atomic mass is 16.3. The number of hydrogen-bond donors (Lipinski definition) is 1. The zero-order chi connectivity index (χ0) is 9.31. The Hall–Kier alpha value is -0.0400. The molecule has 0 radical (unpaired) electrons. The van der Waals surface area contributed by atoms with Gasteiger partial charge < -0.3 is 5.11 Å². The van der Waals surface area contributed by atoms with E-state index in [0.29, 0.717) is 5.92 Å². The second kappa shape index (κ2) is 3.61. The lowest BCUT2D eigenvalue weighted by Crippen LogP contribution is -2.45. The van der Waals surface area contributed by atoms with Crippen molar-refractivity contribution in [3.05, 3.63) is 0 Å². The Morgan fingerprint density at radius 3 is 2.54 bits per heavy atom. The van der Waals surface area contributed by atoms with Gasteiger partial charge in [0.25, 0.3) is 0 Å². The topological polar surface area (TPSA) is 20.2 Å². The maximum Gasteiger partial charge on any atom is 0.0678 e. The molecule has 76 valence electrons. The summed E-state index contributed by atoms with van der Waals surface area (Å²) in [5.74, 6) is 1.46. The molecule has 2 rings (SSSR count). The van der Waals surface area contributed by atoms with Gasteiger partial charge in [-0.15, -0.1) is 0 Å². The van der Waals surface area contributed by atoms with Gasteiger partial charge in [-0.05, 0) is 37.5 Å². The zero-order valence-electron chi connectivity index (χ0n) is 8.76. The summed E-state index contributed by atoms with van der Waals surface area (Å²) in [4.78, 5) is 0. The molecule has 0 heterocycles. The minimum Gasteiger partial charge on any atom is -0.390 e. The molecule has 0 saturated heterocycles. The Bertz CT molecular complexity index is 174. The second-order valence-electron chi connectivity index (χ2n) is 5.10. The molecule has 0 aromatic rings. The van der Waals surface area contributed by atoms with E-state index in [9.17, 15) is 5.11 Å². The number of rotatable bonds is 2. The molecule has 1 nitrogen and oxygen atoms in total. The van der Waals surface area contributed by atoms with Crippen molar-refractivity contribution in [1.29, 1.82) is 0 Å². The molecule has 2 atom stereocenters. The van der Waals surface area contributed by atoms with Crippen LogP contribution in [0.3, 0.4) is 0 Å². The lowest BCUT2D eigenvalue weighted by Gasteiger charge is -2.46. The predicted octanol–water partition coefficient (Wildman–Crippen LogP) is 3.12. The second-order valence-corrected chi connectivity index (χ2v) is 5.10. The summed E-state index contributed by atoms with van der Waals surface area (Å²) in [5.41, 5.74) is -0.253. The van der Waals surface area contributed by atoms with Crippen molar-refractivity contribution in [1.82, 2.24) is 0 Å². The van der Waals surface area contributed by atoms with E-state index in [1.54, 1.807) is 0 Å². The van der Waals surface area contributed by atoms with E-state index in [1.165, 1.54) is 38.5 Å². The van der Waals surface area contributed by atoms with Crippen LogP contribution in [0.5, 0.6) is 0 Å². The van der Waals surface area contributed by atoms with Gasteiger partial charge in [0.2, 0.25) is 0 Å². The first-order chi connectivity index (χ1) is 6.24. The summed E-state index contributed by atoms with van der Waals surface area (Å²) in [7, 11) is 0. The normalized spacial score (nSPS) is 41.5. The first kappa shape index (κ1) is 9.51. The van der Waals surface area contributed by atoms with Crippen LogP contribution in [0.1, 0.15) is 58.3 Å². The molecule has 0 aromatic carbocycles. The average Bonchev–Trinajstić information content (AvgIpc) is 2.00. The molecule has 2 aliphatic carbocycles. The smallest absolute Gasteiger partial charge is 0.0678 e. The predicted molar refractivity (Wildman–Crippen MR) is 54.5 cm³/mol. The van der Waals surface area contributed by atoms with Crippen molar-refractivity contribution in [2.24, 2.45) is 11.8 Å². The van der Waals surface area contributed by atoms with Gasteiger partial charge in [-0.25, -0.2) is 0 Å². The fourth-order valence-corrected chi connectivity index (χ4v) is 3.07. The Morgan fingerprint density at radius 2 is 2.00 bits per heavy atom. The van der Waals surface area contributed by atoms with Gasteiger partial charge in [-0.3, -0.25) is 0 Å². The van der Waals surface area contributed by atoms with Gasteiger partial charge in [0.1, 0.15) is 0 Å². The van der Waals surface area contributed by atoms with Crippen LogP contribution < -0.4 is 0 Å². The van der Waals surface area contributed by atoms with Crippen molar-refractivity contribution in [2.75, 3.05) is 0 Å². The molecular weight excluding hydrogens is 160 g/mol. The Balaban J connectivity index is 1.95. The monoisotopic (exact) mass is 182 g/mol. The molecule has 1 N–H and O–H groups in total. The van der Waals surface area contributed by atoms with Crippen molar-refractivity contribution < 1.29 is 5.11 Å². The first-order valence-electron chi connectivity index (χ1n) is 5.97. The summed E-state index contributed by atoms with van der Waals surface area (Å²) >= 11 is 0. The molecule has 0 aliphatic heterocycles. The minimum atomic E-state index is -0.253. The van der Waals surface area contributed by atoms with E-state index >= 15 is 0 Å². The van der Waals surface area contributed by atoms with E-state index < -0.39 is 0 Å². The van der Waals surface area contributed by atoms with Gasteiger partial charge in [0, 0.05) is 0 Å². The van der Waals surface area contributed by atoms with Crippen molar-refractivity contribution in [3.8, 4) is 0 Å². The third-order valence-corrected chi connectivity index (χ3v) is 4.31. The molecule has 2 fully saturated rings. The Labute approximate surface area is 81.5 Å². The number of aliphatic hydroxyl groups is 1. The molecule has 0 aromatic heterocycles. The molecule has 1 heteroatoms. The largest absolute Gasteiger partial charge is 0.390 e. The molecule has 13 heavy (non-hydrogen) atoms. The van der Waals surface area contributed by atoms with Gasteiger partial charge >= 0.3 is 0 Å². The highest BCUT2D eigenvalue weighted by Crippen LogP contribution is 2.46. The highest BCUT2D eigenvalue weighted by molar-refractivity contribution is 4.94. The molecule has 2 saturated carbocycles. The minimum absolute atomic E-state index is 0.253. The van der Waals surface area contributed by atoms with Gasteiger partial charge in [-0.1, -0.05) is 32.6 Å². The summed E-state index contributed by atoms with van der Waals surface area (Å²) in [6, 6.07) is 0. The van der Waals surface area contributed by atoms with Crippen LogP contribution in [0.25, 0.3) is 0 Å². The van der Waals surface area contributed by atoms with Gasteiger partial charge in [0.15, 0.2) is 0 Å². The van der Waals surface area contributed by atoms with Crippen LogP contribution >= 0.6 is 0 Å². The highest BCUT2D eigenvalue weighted by Gasteiger charge is 2.42. The SMILES string of the molecule is CCC1CCCC(O)(C2CCC2)C1. The molecular formula is C12H22O. The third-order valence-electron chi connectivity index (χ3n) is 4.31. The maximum absolute atomic E-state index is 10.5. The van der Waals surface area contributed by atoms with E-state index in [2.05, 4.69) is 6.92 Å². The van der Waals surface area contributed by atoms with Crippen LogP contribution in [0, 0.1) is 11.8 Å². The average molecular weight is 182 g/mol. The van der Waals surface area contributed by atoms with Crippen LogP contribution in [-0.2, 0) is 0 Å². The maximum atomic E-state index is 10.5. The lowest BCUT2D eigenvalue weighted by molar-refractivity contribution is -0.0905. The fourth-order valence-electron chi connectivity index (χ4n) is 3.07. The standard InChI is InChI=1S/C12H22O/c1-2-10-5-4-8-12(13,9-10)11-6-3-7-11/h10-11,13H,2-9H2,1H3. The van der Waals surface area contributed by atoms with Crippen LogP contribution in [0.15, 0.2) is 0 Å². The summed E-state index contributed by atoms with van der Waals surface area (Å²) < 4.78 is 0. The quantitative estimate of drug-likeness (QED) is 0.695. The summed E-state index contributed by atoms with van der Waals surface area (Å²) in [5, 5.41) is 10.5. The zero-order valence-corrected chi connectivity index (χ0v) is 8.76. The fraction of sp³-hybridized carbons (Fsp3) is 1.00. The third kappa shape index (κ3) is 1.76. The van der Waals surface area contributed by atoms with Crippen molar-refractivity contribution >= 4 is 0 Å². The molecule has 0 amide bonds. The first-order valence-corrected chi connectivity index (χ1v) is 5.97.